The van der Waals surface area contributed by atoms with Gasteiger partial charge in [0.2, 0.25) is 0 Å². The van der Waals surface area contributed by atoms with Crippen molar-refractivity contribution in [3.63, 3.8) is 0 Å². The lowest BCUT2D eigenvalue weighted by Gasteiger charge is -2.11. The van der Waals surface area contributed by atoms with E-state index in [0.717, 1.165) is 18.0 Å². The fraction of sp³-hybridized carbons (Fsp3) is 0.538. The first-order valence-electron chi connectivity index (χ1n) is 5.92. The van der Waals surface area contributed by atoms with E-state index in [2.05, 4.69) is 18.3 Å². The first kappa shape index (κ1) is 13.2. The SMILES string of the molecule is CCOc1ccccc1NCCCSCC. The lowest BCUT2D eigenvalue weighted by molar-refractivity contribution is 0.341. The monoisotopic (exact) mass is 239 g/mol. The average Bonchev–Trinajstić information content (AvgIpc) is 2.31. The predicted molar refractivity (Wildman–Crippen MR) is 73.7 cm³/mol. The molecule has 0 radical (unpaired) electrons. The Kier molecular flexibility index (Phi) is 6.90. The van der Waals surface area contributed by atoms with E-state index in [1.54, 1.807) is 0 Å². The van der Waals surface area contributed by atoms with Gasteiger partial charge in [0.1, 0.15) is 5.75 Å². The third kappa shape index (κ3) is 4.79. The van der Waals surface area contributed by atoms with Gasteiger partial charge in [0, 0.05) is 6.54 Å². The van der Waals surface area contributed by atoms with Crippen LogP contribution in [0, 0.1) is 0 Å². The van der Waals surface area contributed by atoms with Crippen LogP contribution in [0.4, 0.5) is 5.69 Å². The molecule has 0 aromatic heterocycles. The Hall–Kier alpha value is -0.830. The molecule has 1 aromatic rings. The van der Waals surface area contributed by atoms with Gasteiger partial charge in [0.25, 0.3) is 0 Å². The van der Waals surface area contributed by atoms with E-state index in [0.29, 0.717) is 6.61 Å². The summed E-state index contributed by atoms with van der Waals surface area (Å²) in [4.78, 5) is 0. The number of nitrogens with one attached hydrogen (secondary N) is 1. The standard InChI is InChI=1S/C13H21NOS/c1-3-15-13-9-6-5-8-12(13)14-10-7-11-16-4-2/h5-6,8-9,14H,3-4,7,10-11H2,1-2H3. The lowest BCUT2D eigenvalue weighted by Crippen LogP contribution is -2.05. The number of ether oxygens (including phenoxy) is 1. The summed E-state index contributed by atoms with van der Waals surface area (Å²) in [5.74, 6) is 3.38. The van der Waals surface area contributed by atoms with E-state index in [1.165, 1.54) is 17.9 Å². The van der Waals surface area contributed by atoms with E-state index in [-0.39, 0.29) is 0 Å². The minimum absolute atomic E-state index is 0.713. The van der Waals surface area contributed by atoms with E-state index < -0.39 is 0 Å². The van der Waals surface area contributed by atoms with Crippen molar-refractivity contribution >= 4 is 17.4 Å². The molecule has 3 heteroatoms. The van der Waals surface area contributed by atoms with Gasteiger partial charge >= 0.3 is 0 Å². The molecule has 16 heavy (non-hydrogen) atoms. The fourth-order valence-corrected chi connectivity index (χ4v) is 2.07. The van der Waals surface area contributed by atoms with Crippen LogP contribution in [0.5, 0.6) is 5.75 Å². The smallest absolute Gasteiger partial charge is 0.142 e. The molecule has 0 spiro atoms. The first-order chi connectivity index (χ1) is 7.88. The van der Waals surface area contributed by atoms with Crippen molar-refractivity contribution in [1.29, 1.82) is 0 Å². The quantitative estimate of drug-likeness (QED) is 0.700. The second kappa shape index (κ2) is 8.34. The Balaban J connectivity index is 2.34. The van der Waals surface area contributed by atoms with Gasteiger partial charge in [-0.15, -0.1) is 0 Å². The molecule has 0 aliphatic carbocycles. The highest BCUT2D eigenvalue weighted by Crippen LogP contribution is 2.23. The van der Waals surface area contributed by atoms with Crippen LogP contribution in [0.3, 0.4) is 0 Å². The molecule has 0 aliphatic heterocycles. The summed E-state index contributed by atoms with van der Waals surface area (Å²) in [6, 6.07) is 8.11. The summed E-state index contributed by atoms with van der Waals surface area (Å²) in [6.07, 6.45) is 1.19. The van der Waals surface area contributed by atoms with Gasteiger partial charge < -0.3 is 10.1 Å². The van der Waals surface area contributed by atoms with Crippen molar-refractivity contribution in [1.82, 2.24) is 0 Å². The normalized spacial score (nSPS) is 10.1. The van der Waals surface area contributed by atoms with Crippen molar-refractivity contribution in [2.75, 3.05) is 30.0 Å². The maximum Gasteiger partial charge on any atom is 0.142 e. The zero-order chi connectivity index (χ0) is 11.6. The number of para-hydroxylation sites is 2. The van der Waals surface area contributed by atoms with E-state index in [1.807, 2.05) is 36.9 Å². The van der Waals surface area contributed by atoms with Crippen LogP contribution in [0.15, 0.2) is 24.3 Å². The summed E-state index contributed by atoms with van der Waals surface area (Å²) in [5, 5.41) is 3.42. The average molecular weight is 239 g/mol. The van der Waals surface area contributed by atoms with Crippen LogP contribution in [0.2, 0.25) is 0 Å². The second-order valence-corrected chi connectivity index (χ2v) is 4.80. The molecule has 2 nitrogen and oxygen atoms in total. The molecule has 0 amide bonds. The van der Waals surface area contributed by atoms with Crippen molar-refractivity contribution in [3.05, 3.63) is 24.3 Å². The number of thioether (sulfide) groups is 1. The maximum absolute atomic E-state index is 5.55. The van der Waals surface area contributed by atoms with E-state index in [9.17, 15) is 0 Å². The number of hydrogen-bond acceptors (Lipinski definition) is 3. The van der Waals surface area contributed by atoms with Crippen molar-refractivity contribution in [3.8, 4) is 5.75 Å². The molecule has 0 bridgehead atoms. The summed E-state index contributed by atoms with van der Waals surface area (Å²) in [5.41, 5.74) is 1.10. The summed E-state index contributed by atoms with van der Waals surface area (Å²) >= 11 is 1.99. The van der Waals surface area contributed by atoms with Crippen LogP contribution >= 0.6 is 11.8 Å². The van der Waals surface area contributed by atoms with Gasteiger partial charge in [0.05, 0.1) is 12.3 Å². The highest BCUT2D eigenvalue weighted by Gasteiger charge is 2.00. The highest BCUT2D eigenvalue weighted by atomic mass is 32.2. The van der Waals surface area contributed by atoms with Gasteiger partial charge in [-0.05, 0) is 37.0 Å². The number of rotatable bonds is 8. The molecule has 1 aromatic carbocycles. The summed E-state index contributed by atoms with van der Waals surface area (Å²) in [6.45, 7) is 5.93. The third-order valence-corrected chi connectivity index (χ3v) is 3.16. The van der Waals surface area contributed by atoms with Gasteiger partial charge in [-0.25, -0.2) is 0 Å². The molecule has 0 atom stereocenters. The Morgan fingerprint density at radius 3 is 2.81 bits per heavy atom. The van der Waals surface area contributed by atoms with Crippen molar-refractivity contribution < 1.29 is 4.74 Å². The van der Waals surface area contributed by atoms with Gasteiger partial charge in [-0.2, -0.15) is 11.8 Å². The molecule has 0 aliphatic rings. The Labute approximate surface area is 103 Å². The minimum atomic E-state index is 0.713. The largest absolute Gasteiger partial charge is 0.492 e. The predicted octanol–water partition coefficient (Wildman–Crippen LogP) is 3.64. The number of hydrogen-bond donors (Lipinski definition) is 1. The molecular weight excluding hydrogens is 218 g/mol. The number of benzene rings is 1. The van der Waals surface area contributed by atoms with Crippen molar-refractivity contribution in [2.24, 2.45) is 0 Å². The molecule has 90 valence electrons. The first-order valence-corrected chi connectivity index (χ1v) is 7.07. The molecule has 0 saturated heterocycles. The van der Waals surface area contributed by atoms with Gasteiger partial charge in [-0.1, -0.05) is 19.1 Å². The Bertz CT molecular complexity index is 291. The van der Waals surface area contributed by atoms with Crippen LogP contribution in [0.1, 0.15) is 20.3 Å². The van der Waals surface area contributed by atoms with Crippen molar-refractivity contribution in [2.45, 2.75) is 20.3 Å². The topological polar surface area (TPSA) is 21.3 Å². The summed E-state index contributed by atoms with van der Waals surface area (Å²) in [7, 11) is 0. The van der Waals surface area contributed by atoms with Crippen LogP contribution in [-0.2, 0) is 0 Å². The Morgan fingerprint density at radius 1 is 1.25 bits per heavy atom. The molecule has 0 saturated carbocycles. The molecule has 0 heterocycles. The Morgan fingerprint density at radius 2 is 2.06 bits per heavy atom. The van der Waals surface area contributed by atoms with Crippen LogP contribution in [0.25, 0.3) is 0 Å². The highest BCUT2D eigenvalue weighted by molar-refractivity contribution is 7.99. The zero-order valence-electron chi connectivity index (χ0n) is 10.2. The molecule has 1 rings (SSSR count). The third-order valence-electron chi connectivity index (χ3n) is 2.17. The molecule has 0 fully saturated rings. The second-order valence-electron chi connectivity index (χ2n) is 3.41. The lowest BCUT2D eigenvalue weighted by atomic mass is 10.3. The minimum Gasteiger partial charge on any atom is -0.492 e. The number of anilines is 1. The molecule has 0 unspecified atom stereocenters. The molecular formula is C13H21NOS. The fourth-order valence-electron chi connectivity index (χ4n) is 1.44. The van der Waals surface area contributed by atoms with Crippen LogP contribution < -0.4 is 10.1 Å². The zero-order valence-corrected chi connectivity index (χ0v) is 11.0. The van der Waals surface area contributed by atoms with Crippen LogP contribution in [-0.4, -0.2) is 24.7 Å². The van der Waals surface area contributed by atoms with Gasteiger partial charge in [0.15, 0.2) is 0 Å². The van der Waals surface area contributed by atoms with Gasteiger partial charge in [-0.3, -0.25) is 0 Å². The molecule has 1 N–H and O–H groups in total. The maximum atomic E-state index is 5.55. The summed E-state index contributed by atoms with van der Waals surface area (Å²) < 4.78 is 5.55. The van der Waals surface area contributed by atoms with E-state index in [4.69, 9.17) is 4.74 Å². The van der Waals surface area contributed by atoms with E-state index >= 15 is 0 Å².